The van der Waals surface area contributed by atoms with Crippen LogP contribution in [-0.4, -0.2) is 34.2 Å². The van der Waals surface area contributed by atoms with Gasteiger partial charge in [-0.05, 0) is 55.4 Å². The number of aryl methyl sites for hydroxylation is 2. The normalized spacial score (nSPS) is 20.4. The van der Waals surface area contributed by atoms with Gasteiger partial charge in [0.15, 0.2) is 0 Å². The molecule has 1 aromatic carbocycles. The quantitative estimate of drug-likeness (QED) is 0.638. The highest BCUT2D eigenvalue weighted by Crippen LogP contribution is 2.36. The third-order valence-corrected chi connectivity index (χ3v) is 6.33. The van der Waals surface area contributed by atoms with E-state index in [9.17, 15) is 27.6 Å². The SMILES string of the molecule is Cc1ncc(NC(=O)C(=O)N2C[C@H](C)CC[C@H]2c2ccc3c(c2)CCC(=O)N3)cc1C(F)(F)F. The Balaban J connectivity index is 1.56. The zero-order valence-electron chi connectivity index (χ0n) is 18.8. The van der Waals surface area contributed by atoms with E-state index in [0.29, 0.717) is 25.8 Å². The second-order valence-electron chi connectivity index (χ2n) is 8.93. The molecule has 180 valence electrons. The van der Waals surface area contributed by atoms with Crippen LogP contribution in [0.3, 0.4) is 0 Å². The van der Waals surface area contributed by atoms with Gasteiger partial charge in [-0.2, -0.15) is 13.2 Å². The molecular formula is C24H25F3N4O3. The molecule has 1 aromatic heterocycles. The summed E-state index contributed by atoms with van der Waals surface area (Å²) in [6.45, 7) is 3.56. The highest BCUT2D eigenvalue weighted by Gasteiger charge is 2.36. The summed E-state index contributed by atoms with van der Waals surface area (Å²) in [6, 6.07) is 6.02. The molecule has 0 unspecified atom stereocenters. The lowest BCUT2D eigenvalue weighted by Crippen LogP contribution is -2.46. The first-order valence-corrected chi connectivity index (χ1v) is 11.1. The van der Waals surface area contributed by atoms with Crippen LogP contribution in [0.15, 0.2) is 30.5 Å². The molecule has 2 atom stereocenters. The second kappa shape index (κ2) is 9.08. The maximum Gasteiger partial charge on any atom is 0.418 e. The van der Waals surface area contributed by atoms with Crippen molar-refractivity contribution < 1.29 is 27.6 Å². The highest BCUT2D eigenvalue weighted by molar-refractivity contribution is 6.39. The first-order chi connectivity index (χ1) is 16.0. The van der Waals surface area contributed by atoms with E-state index in [4.69, 9.17) is 0 Å². The van der Waals surface area contributed by atoms with E-state index in [1.165, 1.54) is 11.8 Å². The van der Waals surface area contributed by atoms with Gasteiger partial charge in [0.05, 0.1) is 23.5 Å². The lowest BCUT2D eigenvalue weighted by Gasteiger charge is -2.39. The molecule has 2 N–H and O–H groups in total. The van der Waals surface area contributed by atoms with E-state index in [-0.39, 0.29) is 29.2 Å². The number of carbonyl (C=O) groups excluding carboxylic acids is 3. The van der Waals surface area contributed by atoms with Gasteiger partial charge in [0.25, 0.3) is 0 Å². The Morgan fingerprint density at radius 3 is 2.68 bits per heavy atom. The van der Waals surface area contributed by atoms with Crippen LogP contribution in [0.1, 0.15) is 54.6 Å². The average Bonchev–Trinajstić information content (AvgIpc) is 2.78. The molecule has 0 saturated carbocycles. The van der Waals surface area contributed by atoms with E-state index < -0.39 is 23.6 Å². The largest absolute Gasteiger partial charge is 0.418 e. The lowest BCUT2D eigenvalue weighted by molar-refractivity contribution is -0.146. The van der Waals surface area contributed by atoms with Crippen LogP contribution >= 0.6 is 0 Å². The zero-order chi connectivity index (χ0) is 24.6. The third-order valence-electron chi connectivity index (χ3n) is 6.33. The molecule has 2 aromatic rings. The fourth-order valence-electron chi connectivity index (χ4n) is 4.54. The van der Waals surface area contributed by atoms with Gasteiger partial charge >= 0.3 is 18.0 Å². The third kappa shape index (κ3) is 4.90. The first kappa shape index (κ1) is 23.7. The Bertz CT molecular complexity index is 1150. The van der Waals surface area contributed by atoms with Crippen molar-refractivity contribution >= 4 is 29.1 Å². The average molecular weight is 474 g/mol. The number of rotatable bonds is 2. The Labute approximate surface area is 194 Å². The van der Waals surface area contributed by atoms with Crippen molar-refractivity contribution in [1.82, 2.24) is 9.88 Å². The van der Waals surface area contributed by atoms with Crippen molar-refractivity contribution in [3.63, 3.8) is 0 Å². The van der Waals surface area contributed by atoms with Gasteiger partial charge in [0.2, 0.25) is 5.91 Å². The summed E-state index contributed by atoms with van der Waals surface area (Å²) in [5.74, 6) is -1.69. The fraction of sp³-hybridized carbons (Fsp3) is 0.417. The van der Waals surface area contributed by atoms with Crippen molar-refractivity contribution in [2.75, 3.05) is 17.2 Å². The van der Waals surface area contributed by atoms with Crippen LogP contribution in [0, 0.1) is 12.8 Å². The standard InChI is InChI=1S/C24H25F3N4O3/c1-13-3-7-20(16-4-6-19-15(9-16)5-8-21(32)30-19)31(12-13)23(34)22(33)29-17-10-18(24(25,26)27)14(2)28-11-17/h4,6,9-11,13,20H,3,5,7-8,12H2,1-2H3,(H,29,33)(H,30,32)/t13-,20+/m1/s1. The van der Waals surface area contributed by atoms with Gasteiger partial charge in [-0.1, -0.05) is 19.1 Å². The minimum atomic E-state index is -4.62. The number of likely N-dealkylation sites (tertiary alicyclic amines) is 1. The van der Waals surface area contributed by atoms with E-state index in [1.54, 1.807) is 6.07 Å². The number of carbonyl (C=O) groups is 3. The number of anilines is 2. The molecular weight excluding hydrogens is 449 g/mol. The Hall–Kier alpha value is -3.43. The molecule has 3 heterocycles. The lowest BCUT2D eigenvalue weighted by atomic mass is 9.88. The molecule has 1 fully saturated rings. The van der Waals surface area contributed by atoms with Gasteiger partial charge in [-0.3, -0.25) is 19.4 Å². The van der Waals surface area contributed by atoms with Crippen molar-refractivity contribution in [2.45, 2.75) is 51.7 Å². The van der Waals surface area contributed by atoms with Gasteiger partial charge in [0.1, 0.15) is 0 Å². The number of aromatic nitrogens is 1. The number of benzene rings is 1. The van der Waals surface area contributed by atoms with E-state index >= 15 is 0 Å². The predicted octanol–water partition coefficient (Wildman–Crippen LogP) is 4.23. The van der Waals surface area contributed by atoms with Crippen molar-refractivity contribution in [3.05, 3.63) is 52.8 Å². The topological polar surface area (TPSA) is 91.4 Å². The molecule has 0 aliphatic carbocycles. The number of nitrogens with one attached hydrogen (secondary N) is 2. The second-order valence-corrected chi connectivity index (χ2v) is 8.93. The van der Waals surface area contributed by atoms with Gasteiger partial charge in [-0.15, -0.1) is 0 Å². The molecule has 10 heteroatoms. The van der Waals surface area contributed by atoms with Crippen LogP contribution in [-0.2, 0) is 27.0 Å². The number of hydrogen-bond acceptors (Lipinski definition) is 4. The van der Waals surface area contributed by atoms with E-state index in [2.05, 4.69) is 15.6 Å². The smallest absolute Gasteiger partial charge is 0.327 e. The van der Waals surface area contributed by atoms with Crippen LogP contribution in [0.4, 0.5) is 24.5 Å². The number of halogens is 3. The predicted molar refractivity (Wildman–Crippen MR) is 119 cm³/mol. The van der Waals surface area contributed by atoms with E-state index in [0.717, 1.165) is 35.5 Å². The summed E-state index contributed by atoms with van der Waals surface area (Å²) in [4.78, 5) is 42.7. The molecule has 3 amide bonds. The van der Waals surface area contributed by atoms with Crippen LogP contribution < -0.4 is 10.6 Å². The molecule has 2 aliphatic rings. The maximum absolute atomic E-state index is 13.2. The first-order valence-electron chi connectivity index (χ1n) is 11.1. The van der Waals surface area contributed by atoms with Gasteiger partial charge in [0, 0.05) is 24.3 Å². The molecule has 4 rings (SSSR count). The molecule has 1 saturated heterocycles. The van der Waals surface area contributed by atoms with Crippen molar-refractivity contribution in [1.29, 1.82) is 0 Å². The highest BCUT2D eigenvalue weighted by atomic mass is 19.4. The molecule has 2 aliphatic heterocycles. The van der Waals surface area contributed by atoms with E-state index in [1.807, 2.05) is 19.1 Å². The minimum Gasteiger partial charge on any atom is -0.327 e. The summed E-state index contributed by atoms with van der Waals surface area (Å²) in [5.41, 5.74) is 1.19. The van der Waals surface area contributed by atoms with Crippen LogP contribution in [0.25, 0.3) is 0 Å². The number of alkyl halides is 3. The Kier molecular flexibility index (Phi) is 6.33. The fourth-order valence-corrected chi connectivity index (χ4v) is 4.54. The number of pyridine rings is 1. The molecule has 0 spiro atoms. The number of piperidine rings is 1. The van der Waals surface area contributed by atoms with Crippen molar-refractivity contribution in [2.24, 2.45) is 5.92 Å². The summed E-state index contributed by atoms with van der Waals surface area (Å²) < 4.78 is 39.6. The molecule has 0 radical (unpaired) electrons. The summed E-state index contributed by atoms with van der Waals surface area (Å²) in [6.07, 6.45) is -1.04. The Morgan fingerprint density at radius 2 is 1.94 bits per heavy atom. The van der Waals surface area contributed by atoms with Crippen LogP contribution in [0.5, 0.6) is 0 Å². The number of fused-ring (bicyclic) bond motifs is 1. The van der Waals surface area contributed by atoms with Crippen LogP contribution in [0.2, 0.25) is 0 Å². The summed E-state index contributed by atoms with van der Waals surface area (Å²) in [7, 11) is 0. The van der Waals surface area contributed by atoms with Gasteiger partial charge in [-0.25, -0.2) is 0 Å². The number of nitrogens with zero attached hydrogens (tertiary/aromatic N) is 2. The number of hydrogen-bond donors (Lipinski definition) is 2. The monoisotopic (exact) mass is 474 g/mol. The van der Waals surface area contributed by atoms with Gasteiger partial charge < -0.3 is 15.5 Å². The summed E-state index contributed by atoms with van der Waals surface area (Å²) >= 11 is 0. The molecule has 34 heavy (non-hydrogen) atoms. The Morgan fingerprint density at radius 1 is 1.18 bits per heavy atom. The summed E-state index contributed by atoms with van der Waals surface area (Å²) in [5, 5.41) is 5.11. The molecule has 0 bridgehead atoms. The maximum atomic E-state index is 13.2. The number of amides is 3. The zero-order valence-corrected chi connectivity index (χ0v) is 18.8. The minimum absolute atomic E-state index is 0.0421. The molecule has 7 nitrogen and oxygen atoms in total. The van der Waals surface area contributed by atoms with Crippen molar-refractivity contribution in [3.8, 4) is 0 Å².